The summed E-state index contributed by atoms with van der Waals surface area (Å²) in [6.07, 6.45) is 0. The lowest BCUT2D eigenvalue weighted by Gasteiger charge is -2.26. The molecule has 0 fully saturated rings. The molecule has 1 heterocycles. The number of benzene rings is 2. The summed E-state index contributed by atoms with van der Waals surface area (Å²) in [6.45, 7) is 7.07. The van der Waals surface area contributed by atoms with E-state index >= 15 is 0 Å². The van der Waals surface area contributed by atoms with E-state index in [9.17, 15) is 13.7 Å². The largest absolute Gasteiger partial charge is 0.419 e. The molecule has 0 amide bonds. The van der Waals surface area contributed by atoms with Gasteiger partial charge in [0, 0.05) is 26.2 Å². The number of oxazole rings is 1. The van der Waals surface area contributed by atoms with Crippen LogP contribution in [0.5, 0.6) is 0 Å². The molecular weight excluding hydrogens is 462 g/mol. The van der Waals surface area contributed by atoms with Gasteiger partial charge in [-0.3, -0.25) is 0 Å². The zero-order valence-corrected chi connectivity index (χ0v) is 22.1. The zero-order chi connectivity index (χ0) is 26.0. The van der Waals surface area contributed by atoms with Crippen molar-refractivity contribution in [3.63, 3.8) is 0 Å². The Hall–Kier alpha value is -3.19. The highest BCUT2D eigenvalue weighted by Crippen LogP contribution is 2.29. The van der Waals surface area contributed by atoms with Crippen LogP contribution in [0.4, 0.5) is 5.88 Å². The van der Waals surface area contributed by atoms with Gasteiger partial charge in [0.15, 0.2) is 0 Å². The highest BCUT2D eigenvalue weighted by molar-refractivity contribution is 7.89. The number of hydrogen-bond donors (Lipinski definition) is 1. The van der Waals surface area contributed by atoms with Gasteiger partial charge in [-0.1, -0.05) is 45.0 Å². The molecule has 1 unspecified atom stereocenters. The predicted molar refractivity (Wildman–Crippen MR) is 138 cm³/mol. The van der Waals surface area contributed by atoms with Crippen LogP contribution in [0, 0.1) is 11.3 Å². The molecule has 0 aliphatic carbocycles. The van der Waals surface area contributed by atoms with Gasteiger partial charge >= 0.3 is 0 Å². The molecule has 0 aliphatic rings. The quantitative estimate of drug-likeness (QED) is 0.492. The second-order valence-electron chi connectivity index (χ2n) is 9.85. The SMILES string of the molecule is CN(C)C(CNc1oc(-c2ccc(S(=O)(=O)N(C)C)cc2)nc1C#N)c1ccc(C(C)(C)C)cc1. The highest BCUT2D eigenvalue weighted by Gasteiger charge is 2.21. The number of nitriles is 1. The van der Waals surface area contributed by atoms with Gasteiger partial charge in [-0.25, -0.2) is 12.7 Å². The van der Waals surface area contributed by atoms with Crippen LogP contribution in [0.3, 0.4) is 0 Å². The van der Waals surface area contributed by atoms with E-state index in [4.69, 9.17) is 4.42 Å². The number of rotatable bonds is 8. The Balaban J connectivity index is 1.81. The topological polar surface area (TPSA) is 102 Å². The minimum absolute atomic E-state index is 0.0413. The van der Waals surface area contributed by atoms with Gasteiger partial charge in [0.25, 0.3) is 0 Å². The van der Waals surface area contributed by atoms with E-state index < -0.39 is 10.0 Å². The van der Waals surface area contributed by atoms with E-state index in [1.807, 2.05) is 14.1 Å². The Morgan fingerprint density at radius 1 is 1.03 bits per heavy atom. The smallest absolute Gasteiger partial charge is 0.242 e. The molecule has 0 saturated heterocycles. The fourth-order valence-corrected chi connectivity index (χ4v) is 4.51. The highest BCUT2D eigenvalue weighted by atomic mass is 32.2. The molecule has 0 aliphatic heterocycles. The molecule has 0 spiro atoms. The van der Waals surface area contributed by atoms with Gasteiger partial charge in [-0.2, -0.15) is 10.2 Å². The van der Waals surface area contributed by atoms with Crippen molar-refractivity contribution in [3.8, 4) is 17.5 Å². The average molecular weight is 496 g/mol. The molecule has 1 N–H and O–H groups in total. The maximum Gasteiger partial charge on any atom is 0.242 e. The minimum Gasteiger partial charge on any atom is -0.419 e. The van der Waals surface area contributed by atoms with E-state index in [1.165, 1.54) is 31.8 Å². The van der Waals surface area contributed by atoms with Gasteiger partial charge in [-0.05, 0) is 54.9 Å². The Morgan fingerprint density at radius 2 is 1.63 bits per heavy atom. The summed E-state index contributed by atoms with van der Waals surface area (Å²) in [5, 5.41) is 12.8. The lowest BCUT2D eigenvalue weighted by Crippen LogP contribution is -2.27. The first kappa shape index (κ1) is 26.4. The second kappa shape index (κ2) is 10.2. The summed E-state index contributed by atoms with van der Waals surface area (Å²) in [7, 11) is 3.44. The van der Waals surface area contributed by atoms with Crippen LogP contribution in [0.2, 0.25) is 0 Å². The predicted octanol–water partition coefficient (Wildman–Crippen LogP) is 4.48. The maximum absolute atomic E-state index is 12.3. The van der Waals surface area contributed by atoms with E-state index in [-0.39, 0.29) is 33.8 Å². The lowest BCUT2D eigenvalue weighted by atomic mass is 9.86. The van der Waals surface area contributed by atoms with Crippen LogP contribution in [0.15, 0.2) is 57.8 Å². The van der Waals surface area contributed by atoms with Crippen molar-refractivity contribution < 1.29 is 12.8 Å². The first-order valence-electron chi connectivity index (χ1n) is 11.3. The molecule has 8 nitrogen and oxygen atoms in total. The van der Waals surface area contributed by atoms with Crippen molar-refractivity contribution >= 4 is 15.9 Å². The third-order valence-corrected chi connectivity index (χ3v) is 7.68. The van der Waals surface area contributed by atoms with Crippen molar-refractivity contribution in [2.24, 2.45) is 0 Å². The number of nitrogens with zero attached hydrogens (tertiary/aromatic N) is 4. The van der Waals surface area contributed by atoms with Crippen molar-refractivity contribution in [1.82, 2.24) is 14.2 Å². The molecule has 1 atom stereocenters. The molecule has 35 heavy (non-hydrogen) atoms. The summed E-state index contributed by atoms with van der Waals surface area (Å²) in [4.78, 5) is 6.57. The van der Waals surface area contributed by atoms with Gasteiger partial charge in [0.05, 0.1) is 10.9 Å². The van der Waals surface area contributed by atoms with Gasteiger partial charge in [-0.15, -0.1) is 0 Å². The van der Waals surface area contributed by atoms with Gasteiger partial charge in [0.2, 0.25) is 27.5 Å². The Bertz CT molecular complexity index is 1300. The molecule has 2 aromatic carbocycles. The van der Waals surface area contributed by atoms with E-state index in [0.717, 1.165) is 9.87 Å². The summed E-state index contributed by atoms with van der Waals surface area (Å²) < 4.78 is 31.6. The van der Waals surface area contributed by atoms with Crippen LogP contribution in [0.1, 0.15) is 43.6 Å². The molecule has 0 radical (unpaired) electrons. The molecular formula is C26H33N5O3S. The Labute approximate surface area is 208 Å². The van der Waals surface area contributed by atoms with E-state index in [0.29, 0.717) is 12.1 Å². The molecule has 1 aromatic heterocycles. The maximum atomic E-state index is 12.3. The number of likely N-dealkylation sites (N-methyl/N-ethyl adjacent to an activating group) is 1. The second-order valence-corrected chi connectivity index (χ2v) is 12.0. The molecule has 9 heteroatoms. The molecule has 0 bridgehead atoms. The normalized spacial score (nSPS) is 13.1. The molecule has 186 valence electrons. The standard InChI is InChI=1S/C26H33N5O3S/c1-26(2,3)20-12-8-18(9-13-20)23(30(4)5)17-28-25-22(16-27)29-24(34-25)19-10-14-21(15-11-19)35(32,33)31(6)7/h8-15,23,28H,17H2,1-7H3. The zero-order valence-electron chi connectivity index (χ0n) is 21.3. The number of aromatic nitrogens is 1. The van der Waals surface area contributed by atoms with E-state index in [2.05, 4.69) is 66.3 Å². The first-order chi connectivity index (χ1) is 16.3. The van der Waals surface area contributed by atoms with Crippen LogP contribution >= 0.6 is 0 Å². The third-order valence-electron chi connectivity index (χ3n) is 5.85. The summed E-state index contributed by atoms with van der Waals surface area (Å²) in [5.74, 6) is 0.527. The minimum atomic E-state index is -3.53. The monoisotopic (exact) mass is 495 g/mol. The number of hydrogen-bond acceptors (Lipinski definition) is 7. The average Bonchev–Trinajstić information content (AvgIpc) is 3.22. The van der Waals surface area contributed by atoms with Crippen LogP contribution in [0.25, 0.3) is 11.5 Å². The van der Waals surface area contributed by atoms with Crippen LogP contribution in [-0.2, 0) is 15.4 Å². The molecule has 3 rings (SSSR count). The van der Waals surface area contributed by atoms with Crippen molar-refractivity contribution in [2.75, 3.05) is 40.1 Å². The Kier molecular flexibility index (Phi) is 7.70. The fraction of sp³-hybridized carbons (Fsp3) is 0.385. The van der Waals surface area contributed by atoms with E-state index in [1.54, 1.807) is 12.1 Å². The summed E-state index contributed by atoms with van der Waals surface area (Å²) in [5.41, 5.74) is 3.21. The first-order valence-corrected chi connectivity index (χ1v) is 12.7. The van der Waals surface area contributed by atoms with Crippen molar-refractivity contribution in [2.45, 2.75) is 37.1 Å². The van der Waals surface area contributed by atoms with Crippen LogP contribution < -0.4 is 5.32 Å². The van der Waals surface area contributed by atoms with Crippen molar-refractivity contribution in [1.29, 1.82) is 5.26 Å². The van der Waals surface area contributed by atoms with Crippen molar-refractivity contribution in [3.05, 3.63) is 65.4 Å². The summed E-state index contributed by atoms with van der Waals surface area (Å²) in [6, 6.07) is 16.9. The number of sulfonamides is 1. The third kappa shape index (κ3) is 5.90. The lowest BCUT2D eigenvalue weighted by molar-refractivity contribution is 0.310. The van der Waals surface area contributed by atoms with Gasteiger partial charge < -0.3 is 14.6 Å². The molecule has 3 aromatic rings. The molecule has 0 saturated carbocycles. The Morgan fingerprint density at radius 3 is 2.11 bits per heavy atom. The number of anilines is 1. The van der Waals surface area contributed by atoms with Crippen LogP contribution in [-0.4, -0.2) is 57.3 Å². The number of nitrogens with one attached hydrogen (secondary N) is 1. The summed E-state index contributed by atoms with van der Waals surface area (Å²) >= 11 is 0. The van der Waals surface area contributed by atoms with Gasteiger partial charge in [0.1, 0.15) is 6.07 Å². The fourth-order valence-electron chi connectivity index (χ4n) is 3.61.